The van der Waals surface area contributed by atoms with Crippen LogP contribution in [-0.4, -0.2) is 53.6 Å². The predicted octanol–water partition coefficient (Wildman–Crippen LogP) is 3.09. The Labute approximate surface area is 213 Å². The van der Waals surface area contributed by atoms with Gasteiger partial charge in [-0.1, -0.05) is 70.2 Å². The molecule has 1 aliphatic heterocycles. The number of aliphatic hydroxyl groups excluding tert-OH is 1. The van der Waals surface area contributed by atoms with Crippen molar-refractivity contribution in [1.29, 1.82) is 0 Å². The maximum absolute atomic E-state index is 13.5. The molecule has 0 bridgehead atoms. The molecule has 0 aromatic heterocycles. The second-order valence-corrected chi connectivity index (χ2v) is 10.5. The first-order chi connectivity index (χ1) is 17.1. The summed E-state index contributed by atoms with van der Waals surface area (Å²) in [5.41, 5.74) is 1.19. The van der Waals surface area contributed by atoms with Crippen LogP contribution in [0.15, 0.2) is 54.6 Å². The van der Waals surface area contributed by atoms with Gasteiger partial charge < -0.3 is 20.5 Å². The average Bonchev–Trinajstić information content (AvgIpc) is 3.64. The summed E-state index contributed by atoms with van der Waals surface area (Å²) < 4.78 is 5.25. The van der Waals surface area contributed by atoms with Crippen LogP contribution in [0.5, 0.6) is 0 Å². The van der Waals surface area contributed by atoms with Crippen LogP contribution in [0.3, 0.4) is 0 Å². The fourth-order valence-electron chi connectivity index (χ4n) is 4.30. The van der Waals surface area contributed by atoms with Crippen molar-refractivity contribution in [3.63, 3.8) is 0 Å². The first-order valence-corrected chi connectivity index (χ1v) is 12.7. The molecule has 3 rings (SSSR count). The number of carbonyl (C=O) groups is 3. The standard InChI is InChI=1S/C29H38N2O5/c1-19(2)13-22-11-8-12-23(15-22)27(34)31-25(16-21-9-6-5-7-10-21)28(35)30-24(14-20(3)4)26(33)29(17-32)18-36-29/h5-12,15,19-20,24-25,32H,13-14,16-18H2,1-4H3,(H,30,35)(H,31,34)/t24?,25-,29?/m0/s1. The molecule has 2 aromatic carbocycles. The van der Waals surface area contributed by atoms with Gasteiger partial charge in [-0.25, -0.2) is 0 Å². The monoisotopic (exact) mass is 494 g/mol. The Morgan fingerprint density at radius 2 is 1.56 bits per heavy atom. The van der Waals surface area contributed by atoms with Crippen molar-refractivity contribution in [2.24, 2.45) is 11.8 Å². The number of Topliss-reactive ketones (excluding diaryl/α,β-unsaturated/α-hetero) is 1. The third-order valence-corrected chi connectivity index (χ3v) is 6.27. The predicted molar refractivity (Wildman–Crippen MR) is 139 cm³/mol. The Balaban J connectivity index is 1.81. The van der Waals surface area contributed by atoms with Crippen LogP contribution in [0, 0.1) is 11.8 Å². The van der Waals surface area contributed by atoms with E-state index in [1.165, 1.54) is 0 Å². The zero-order valence-electron chi connectivity index (χ0n) is 21.6. The Morgan fingerprint density at radius 3 is 2.14 bits per heavy atom. The molecule has 0 aliphatic carbocycles. The van der Waals surface area contributed by atoms with E-state index in [1.54, 1.807) is 6.07 Å². The SMILES string of the molecule is CC(C)Cc1cccc(C(=O)N[C@@H](Cc2ccccc2)C(=O)NC(CC(C)C)C(=O)C2(CO)CO2)c1. The van der Waals surface area contributed by atoms with E-state index in [2.05, 4.69) is 24.5 Å². The molecule has 36 heavy (non-hydrogen) atoms. The normalized spacial score (nSPS) is 18.5. The van der Waals surface area contributed by atoms with Crippen molar-refractivity contribution in [3.8, 4) is 0 Å². The summed E-state index contributed by atoms with van der Waals surface area (Å²) >= 11 is 0. The molecule has 7 heteroatoms. The van der Waals surface area contributed by atoms with E-state index in [0.29, 0.717) is 17.9 Å². The minimum atomic E-state index is -1.23. The van der Waals surface area contributed by atoms with Gasteiger partial charge >= 0.3 is 0 Å². The molecule has 194 valence electrons. The van der Waals surface area contributed by atoms with Gasteiger partial charge in [0.05, 0.1) is 19.3 Å². The second kappa shape index (κ2) is 12.3. The van der Waals surface area contributed by atoms with Gasteiger partial charge in [0.2, 0.25) is 5.91 Å². The van der Waals surface area contributed by atoms with Gasteiger partial charge in [0, 0.05) is 12.0 Å². The fourth-order valence-corrected chi connectivity index (χ4v) is 4.30. The molecule has 0 radical (unpaired) electrons. The number of aliphatic hydroxyl groups is 1. The fraction of sp³-hybridized carbons (Fsp3) is 0.483. The van der Waals surface area contributed by atoms with Crippen molar-refractivity contribution >= 4 is 17.6 Å². The second-order valence-electron chi connectivity index (χ2n) is 10.5. The van der Waals surface area contributed by atoms with Crippen LogP contribution < -0.4 is 10.6 Å². The molecule has 1 aliphatic rings. The highest BCUT2D eigenvalue weighted by Gasteiger charge is 2.54. The number of epoxide rings is 1. The number of hydrogen-bond donors (Lipinski definition) is 3. The molecule has 1 saturated heterocycles. The van der Waals surface area contributed by atoms with Crippen LogP contribution in [0.4, 0.5) is 0 Å². The smallest absolute Gasteiger partial charge is 0.251 e. The number of rotatable bonds is 13. The number of nitrogens with one attached hydrogen (secondary N) is 2. The number of hydrogen-bond acceptors (Lipinski definition) is 5. The molecule has 2 unspecified atom stereocenters. The van der Waals surface area contributed by atoms with E-state index in [-0.39, 0.29) is 30.6 Å². The summed E-state index contributed by atoms with van der Waals surface area (Å²) in [7, 11) is 0. The maximum atomic E-state index is 13.5. The molecule has 0 spiro atoms. The lowest BCUT2D eigenvalue weighted by Crippen LogP contribution is -2.55. The minimum absolute atomic E-state index is 0.125. The summed E-state index contributed by atoms with van der Waals surface area (Å²) in [5, 5.41) is 15.4. The molecule has 7 nitrogen and oxygen atoms in total. The van der Waals surface area contributed by atoms with Crippen LogP contribution in [0.25, 0.3) is 0 Å². The molecule has 3 atom stereocenters. The molecular weight excluding hydrogens is 456 g/mol. The highest BCUT2D eigenvalue weighted by molar-refractivity contribution is 6.00. The van der Waals surface area contributed by atoms with Crippen molar-refractivity contribution in [2.45, 2.75) is 64.6 Å². The molecule has 1 fully saturated rings. The lowest BCUT2D eigenvalue weighted by Gasteiger charge is -2.25. The van der Waals surface area contributed by atoms with E-state index in [0.717, 1.165) is 17.5 Å². The third-order valence-electron chi connectivity index (χ3n) is 6.27. The molecule has 2 aromatic rings. The quantitative estimate of drug-likeness (QED) is 0.371. The van der Waals surface area contributed by atoms with E-state index >= 15 is 0 Å². The molecule has 2 amide bonds. The third kappa shape index (κ3) is 7.48. The van der Waals surface area contributed by atoms with E-state index in [4.69, 9.17) is 4.74 Å². The minimum Gasteiger partial charge on any atom is -0.393 e. The van der Waals surface area contributed by atoms with E-state index in [1.807, 2.05) is 62.4 Å². The number of ether oxygens (including phenoxy) is 1. The van der Waals surface area contributed by atoms with Gasteiger partial charge in [-0.05, 0) is 47.9 Å². The number of amides is 2. The van der Waals surface area contributed by atoms with E-state index < -0.39 is 30.2 Å². The Kier molecular flexibility index (Phi) is 9.40. The van der Waals surface area contributed by atoms with Crippen molar-refractivity contribution < 1.29 is 24.2 Å². The van der Waals surface area contributed by atoms with Gasteiger partial charge in [-0.3, -0.25) is 14.4 Å². The topological polar surface area (TPSA) is 108 Å². The van der Waals surface area contributed by atoms with Gasteiger partial charge in [-0.2, -0.15) is 0 Å². The summed E-state index contributed by atoms with van der Waals surface area (Å²) in [4.78, 5) is 39.8. The number of ketones is 1. The largest absolute Gasteiger partial charge is 0.393 e. The van der Waals surface area contributed by atoms with E-state index in [9.17, 15) is 19.5 Å². The van der Waals surface area contributed by atoms with Crippen molar-refractivity contribution in [1.82, 2.24) is 10.6 Å². The van der Waals surface area contributed by atoms with Crippen molar-refractivity contribution in [2.75, 3.05) is 13.2 Å². The molecule has 3 N–H and O–H groups in total. The Hall–Kier alpha value is -3.03. The lowest BCUT2D eigenvalue weighted by atomic mass is 9.92. The Bertz CT molecular complexity index is 1050. The van der Waals surface area contributed by atoms with Gasteiger partial charge in [0.25, 0.3) is 5.91 Å². The lowest BCUT2D eigenvalue weighted by molar-refractivity contribution is -0.132. The number of carbonyl (C=O) groups excluding carboxylic acids is 3. The maximum Gasteiger partial charge on any atom is 0.251 e. The van der Waals surface area contributed by atoms with Crippen LogP contribution in [-0.2, 0) is 27.2 Å². The van der Waals surface area contributed by atoms with Gasteiger partial charge in [-0.15, -0.1) is 0 Å². The van der Waals surface area contributed by atoms with Crippen molar-refractivity contribution in [3.05, 3.63) is 71.3 Å². The highest BCUT2D eigenvalue weighted by Crippen LogP contribution is 2.30. The highest BCUT2D eigenvalue weighted by atomic mass is 16.6. The average molecular weight is 495 g/mol. The van der Waals surface area contributed by atoms with Crippen LogP contribution >= 0.6 is 0 Å². The summed E-state index contributed by atoms with van der Waals surface area (Å²) in [6.45, 7) is 7.88. The van der Waals surface area contributed by atoms with Crippen LogP contribution in [0.2, 0.25) is 0 Å². The Morgan fingerprint density at radius 1 is 0.889 bits per heavy atom. The first-order valence-electron chi connectivity index (χ1n) is 12.7. The van der Waals surface area contributed by atoms with Gasteiger partial charge in [0.1, 0.15) is 6.04 Å². The summed E-state index contributed by atoms with van der Waals surface area (Å²) in [6.07, 6.45) is 1.52. The molecular formula is C29H38N2O5. The summed E-state index contributed by atoms with van der Waals surface area (Å²) in [5.74, 6) is -0.551. The zero-order chi connectivity index (χ0) is 26.3. The van der Waals surface area contributed by atoms with Gasteiger partial charge in [0.15, 0.2) is 11.4 Å². The summed E-state index contributed by atoms with van der Waals surface area (Å²) in [6, 6.07) is 15.1. The first kappa shape index (κ1) is 27.6. The molecule has 1 heterocycles. The zero-order valence-corrected chi connectivity index (χ0v) is 21.6. The van der Waals surface area contributed by atoms with Crippen LogP contribution in [0.1, 0.15) is 55.6 Å². The molecule has 0 saturated carbocycles. The number of benzene rings is 2.